The van der Waals surface area contributed by atoms with E-state index in [2.05, 4.69) is 14.9 Å². The number of carboxylic acid groups (broad SMARTS) is 1. The highest BCUT2D eigenvalue weighted by Gasteiger charge is 2.25. The van der Waals surface area contributed by atoms with Crippen LogP contribution in [0.2, 0.25) is 0 Å². The lowest BCUT2D eigenvalue weighted by atomic mass is 10.0. The molecule has 0 aliphatic rings. The molecule has 0 spiro atoms. The van der Waals surface area contributed by atoms with Crippen LogP contribution < -0.4 is 14.2 Å². The lowest BCUT2D eigenvalue weighted by molar-refractivity contribution is -0.131. The van der Waals surface area contributed by atoms with E-state index in [9.17, 15) is 13.2 Å². The fourth-order valence-electron chi connectivity index (χ4n) is 3.35. The molecular formula is C22H23N3O6S. The number of para-hydroxylation sites is 1. The zero-order valence-electron chi connectivity index (χ0n) is 18.0. The average molecular weight is 458 g/mol. The number of anilines is 1. The van der Waals surface area contributed by atoms with Gasteiger partial charge >= 0.3 is 5.97 Å². The van der Waals surface area contributed by atoms with Gasteiger partial charge in [0.1, 0.15) is 4.90 Å². The number of methoxy groups -OCH3 is 2. The monoisotopic (exact) mass is 457 g/mol. The van der Waals surface area contributed by atoms with E-state index < -0.39 is 16.0 Å². The van der Waals surface area contributed by atoms with Crippen LogP contribution in [0.15, 0.2) is 47.4 Å². The number of carbonyl (C=O) groups is 1. The quantitative estimate of drug-likeness (QED) is 0.440. The summed E-state index contributed by atoms with van der Waals surface area (Å²) in [5, 5.41) is 16.0. The van der Waals surface area contributed by atoms with Gasteiger partial charge in [0.15, 0.2) is 11.5 Å². The van der Waals surface area contributed by atoms with Crippen LogP contribution in [0.5, 0.6) is 11.5 Å². The molecule has 0 bridgehead atoms. The minimum absolute atomic E-state index is 0.000582. The Kier molecular flexibility index (Phi) is 6.54. The molecule has 0 amide bonds. The summed E-state index contributed by atoms with van der Waals surface area (Å²) in [6.45, 7) is 3.68. The Balaban J connectivity index is 2.14. The van der Waals surface area contributed by atoms with Crippen LogP contribution in [0.1, 0.15) is 17.0 Å². The highest BCUT2D eigenvalue weighted by molar-refractivity contribution is 7.92. The summed E-state index contributed by atoms with van der Waals surface area (Å²) in [5.74, 6) is -1.02. The molecule has 2 aromatic carbocycles. The second-order valence-corrected chi connectivity index (χ2v) is 8.54. The van der Waals surface area contributed by atoms with Crippen molar-refractivity contribution in [3.63, 3.8) is 0 Å². The van der Waals surface area contributed by atoms with E-state index in [4.69, 9.17) is 14.6 Å². The molecule has 3 aromatic rings. The van der Waals surface area contributed by atoms with Crippen LogP contribution in [-0.4, -0.2) is 43.9 Å². The Morgan fingerprint density at radius 3 is 2.47 bits per heavy atom. The number of nitrogens with one attached hydrogen (secondary N) is 2. The highest BCUT2D eigenvalue weighted by Crippen LogP contribution is 2.38. The third-order valence-electron chi connectivity index (χ3n) is 4.74. The molecule has 10 heteroatoms. The number of hydrogen-bond acceptors (Lipinski definition) is 6. The van der Waals surface area contributed by atoms with Crippen molar-refractivity contribution in [1.82, 2.24) is 10.2 Å². The summed E-state index contributed by atoms with van der Waals surface area (Å²) >= 11 is 0. The molecule has 168 valence electrons. The van der Waals surface area contributed by atoms with E-state index in [0.717, 1.165) is 23.0 Å². The number of carboxylic acids is 1. The molecule has 1 aromatic heterocycles. The first-order valence-electron chi connectivity index (χ1n) is 9.48. The molecule has 0 atom stereocenters. The molecule has 0 unspecified atom stereocenters. The largest absolute Gasteiger partial charge is 0.493 e. The van der Waals surface area contributed by atoms with Gasteiger partial charge in [-0.2, -0.15) is 5.10 Å². The van der Waals surface area contributed by atoms with Crippen molar-refractivity contribution in [2.45, 2.75) is 18.7 Å². The number of nitrogens with zero attached hydrogens (tertiary/aromatic N) is 1. The van der Waals surface area contributed by atoms with Crippen molar-refractivity contribution in [3.8, 4) is 22.6 Å². The average Bonchev–Trinajstić information content (AvgIpc) is 3.09. The third kappa shape index (κ3) is 4.59. The van der Waals surface area contributed by atoms with Gasteiger partial charge in [-0.3, -0.25) is 9.82 Å². The molecule has 0 fully saturated rings. The molecule has 9 nitrogen and oxygen atoms in total. The van der Waals surface area contributed by atoms with E-state index in [0.29, 0.717) is 16.8 Å². The minimum atomic E-state index is -4.16. The highest BCUT2D eigenvalue weighted by atomic mass is 32.2. The number of hydrogen-bond donors (Lipinski definition) is 3. The number of aryl methyl sites for hydroxylation is 2. The van der Waals surface area contributed by atoms with Crippen LogP contribution in [0.25, 0.3) is 17.2 Å². The number of aromatic nitrogens is 2. The zero-order chi connectivity index (χ0) is 23.5. The summed E-state index contributed by atoms with van der Waals surface area (Å²) in [4.78, 5) is 10.7. The molecule has 1 heterocycles. The minimum Gasteiger partial charge on any atom is -0.493 e. The van der Waals surface area contributed by atoms with Crippen LogP contribution >= 0.6 is 0 Å². The number of sulfonamides is 1. The van der Waals surface area contributed by atoms with Crippen LogP contribution in [0.3, 0.4) is 0 Å². The molecular weight excluding hydrogens is 434 g/mol. The maximum atomic E-state index is 13.4. The topological polar surface area (TPSA) is 131 Å². The molecule has 3 rings (SSSR count). The second-order valence-electron chi connectivity index (χ2n) is 6.89. The summed E-state index contributed by atoms with van der Waals surface area (Å²) in [6.07, 6.45) is 2.18. The molecule has 0 radical (unpaired) electrons. The van der Waals surface area contributed by atoms with Gasteiger partial charge in [-0.05, 0) is 43.7 Å². The first kappa shape index (κ1) is 22.9. The van der Waals surface area contributed by atoms with Crippen molar-refractivity contribution in [2.24, 2.45) is 0 Å². The van der Waals surface area contributed by atoms with Gasteiger partial charge in [-0.25, -0.2) is 13.2 Å². The maximum absolute atomic E-state index is 13.4. The molecule has 32 heavy (non-hydrogen) atoms. The van der Waals surface area contributed by atoms with Gasteiger partial charge in [-0.15, -0.1) is 0 Å². The molecule has 3 N–H and O–H groups in total. The van der Waals surface area contributed by atoms with Crippen molar-refractivity contribution >= 4 is 27.8 Å². The van der Waals surface area contributed by atoms with Gasteiger partial charge in [0.05, 0.1) is 25.6 Å². The number of rotatable bonds is 8. The number of H-pyrrole nitrogens is 1. The Hall–Kier alpha value is -3.79. The summed E-state index contributed by atoms with van der Waals surface area (Å²) in [7, 11) is -1.46. The predicted molar refractivity (Wildman–Crippen MR) is 121 cm³/mol. The van der Waals surface area contributed by atoms with E-state index >= 15 is 0 Å². The van der Waals surface area contributed by atoms with Gasteiger partial charge in [0, 0.05) is 22.9 Å². The van der Waals surface area contributed by atoms with Crippen LogP contribution in [0.4, 0.5) is 5.69 Å². The van der Waals surface area contributed by atoms with Crippen LogP contribution in [0, 0.1) is 13.8 Å². The van der Waals surface area contributed by atoms with E-state index in [-0.39, 0.29) is 16.4 Å². The lowest BCUT2D eigenvalue weighted by Crippen LogP contribution is -2.15. The Labute approximate surface area is 185 Å². The van der Waals surface area contributed by atoms with Gasteiger partial charge < -0.3 is 14.6 Å². The van der Waals surface area contributed by atoms with Gasteiger partial charge in [0.2, 0.25) is 0 Å². The molecule has 0 saturated heterocycles. The van der Waals surface area contributed by atoms with Gasteiger partial charge in [-0.1, -0.05) is 18.2 Å². The van der Waals surface area contributed by atoms with Crippen molar-refractivity contribution in [2.75, 3.05) is 18.9 Å². The number of aromatic amines is 1. The predicted octanol–water partition coefficient (Wildman–Crippen LogP) is 3.61. The van der Waals surface area contributed by atoms with Crippen molar-refractivity contribution < 1.29 is 27.8 Å². The first-order valence-corrected chi connectivity index (χ1v) is 11.0. The van der Waals surface area contributed by atoms with E-state index in [1.54, 1.807) is 24.3 Å². The molecule has 0 aliphatic carbocycles. The third-order valence-corrected chi connectivity index (χ3v) is 6.11. The van der Waals surface area contributed by atoms with Crippen LogP contribution in [-0.2, 0) is 14.8 Å². The smallest absolute Gasteiger partial charge is 0.328 e. The number of aliphatic carboxylic acids is 1. The standard InChI is InChI=1S/C22H23N3O6S/c1-13-21(14(2)24-23-13)16-7-5-6-8-17(16)25-32(28,29)19-12-15(9-10-20(26)27)11-18(30-3)22(19)31-4/h5-12,25H,1-4H3,(H,23,24)(H,26,27). The lowest BCUT2D eigenvalue weighted by Gasteiger charge is -2.17. The summed E-state index contributed by atoms with van der Waals surface area (Å²) < 4.78 is 40.0. The zero-order valence-corrected chi connectivity index (χ0v) is 18.8. The van der Waals surface area contributed by atoms with E-state index in [1.165, 1.54) is 32.4 Å². The van der Waals surface area contributed by atoms with Gasteiger partial charge in [0.25, 0.3) is 10.0 Å². The normalized spacial score (nSPS) is 11.5. The van der Waals surface area contributed by atoms with Crippen molar-refractivity contribution in [3.05, 3.63) is 59.4 Å². The summed E-state index contributed by atoms with van der Waals surface area (Å²) in [6, 6.07) is 9.78. The maximum Gasteiger partial charge on any atom is 0.328 e. The number of ether oxygens (including phenoxy) is 2. The fourth-order valence-corrected chi connectivity index (χ4v) is 4.65. The Bertz CT molecular complexity index is 1280. The Morgan fingerprint density at radius 2 is 1.88 bits per heavy atom. The fraction of sp³-hybridized carbons (Fsp3) is 0.182. The SMILES string of the molecule is COc1cc(C=CC(=O)O)cc(S(=O)(=O)Nc2ccccc2-c2c(C)n[nH]c2C)c1OC. The van der Waals surface area contributed by atoms with E-state index in [1.807, 2.05) is 13.8 Å². The Morgan fingerprint density at radius 1 is 1.16 bits per heavy atom. The van der Waals surface area contributed by atoms with Crippen molar-refractivity contribution in [1.29, 1.82) is 0 Å². The summed E-state index contributed by atoms with van der Waals surface area (Å²) in [5.41, 5.74) is 3.66. The first-order chi connectivity index (χ1) is 15.2. The molecule has 0 aliphatic heterocycles. The molecule has 0 saturated carbocycles. The second kappa shape index (κ2) is 9.15. The number of benzene rings is 2.